The van der Waals surface area contributed by atoms with Crippen LogP contribution < -0.4 is 11.1 Å². The normalized spacial score (nSPS) is 26.9. The molecule has 2 nitrogen and oxygen atoms in total. The molecule has 0 saturated carbocycles. The van der Waals surface area contributed by atoms with Crippen molar-refractivity contribution >= 4 is 0 Å². The van der Waals surface area contributed by atoms with Crippen LogP contribution in [0.1, 0.15) is 6.42 Å². The van der Waals surface area contributed by atoms with Crippen molar-refractivity contribution in [2.75, 3.05) is 0 Å². The SMILES string of the molecule is NC1C=CNC=CC1. The molecule has 0 spiro atoms. The predicted octanol–water partition coefficient (Wildman–Crippen LogP) is 0.334. The van der Waals surface area contributed by atoms with Crippen LogP contribution in [0.15, 0.2) is 24.6 Å². The quantitative estimate of drug-likeness (QED) is 0.471. The third-order valence-corrected chi connectivity index (χ3v) is 1.06. The van der Waals surface area contributed by atoms with Gasteiger partial charge in [0.15, 0.2) is 0 Å². The number of nitrogens with one attached hydrogen (secondary N) is 1. The molecule has 2 heteroatoms. The minimum Gasteiger partial charge on any atom is -0.368 e. The van der Waals surface area contributed by atoms with Crippen LogP contribution in [-0.2, 0) is 0 Å². The Hall–Kier alpha value is -0.760. The second kappa shape index (κ2) is 2.52. The number of rotatable bonds is 0. The van der Waals surface area contributed by atoms with Gasteiger partial charge in [0, 0.05) is 6.04 Å². The predicted molar refractivity (Wildman–Crippen MR) is 34.0 cm³/mol. The van der Waals surface area contributed by atoms with Crippen molar-refractivity contribution in [1.82, 2.24) is 5.32 Å². The molecule has 8 heavy (non-hydrogen) atoms. The van der Waals surface area contributed by atoms with Crippen molar-refractivity contribution in [3.05, 3.63) is 24.6 Å². The molecule has 1 rings (SSSR count). The van der Waals surface area contributed by atoms with Crippen molar-refractivity contribution in [3.63, 3.8) is 0 Å². The molecule has 0 aliphatic carbocycles. The van der Waals surface area contributed by atoms with E-state index in [0.29, 0.717) is 0 Å². The van der Waals surface area contributed by atoms with Crippen LogP contribution in [0.3, 0.4) is 0 Å². The Morgan fingerprint density at radius 3 is 3.25 bits per heavy atom. The molecule has 0 radical (unpaired) electrons. The first kappa shape index (κ1) is 5.38. The first-order valence-electron chi connectivity index (χ1n) is 2.73. The van der Waals surface area contributed by atoms with Gasteiger partial charge in [0.05, 0.1) is 0 Å². The molecule has 0 aromatic heterocycles. The van der Waals surface area contributed by atoms with Gasteiger partial charge >= 0.3 is 0 Å². The molecule has 0 fully saturated rings. The van der Waals surface area contributed by atoms with Gasteiger partial charge in [0.25, 0.3) is 0 Å². The van der Waals surface area contributed by atoms with E-state index in [9.17, 15) is 0 Å². The Balaban J connectivity index is 2.48. The zero-order chi connectivity index (χ0) is 5.82. The average molecular weight is 110 g/mol. The highest BCUT2D eigenvalue weighted by Gasteiger charge is 1.93. The first-order chi connectivity index (χ1) is 3.89. The Morgan fingerprint density at radius 2 is 2.38 bits per heavy atom. The van der Waals surface area contributed by atoms with E-state index in [1.54, 1.807) is 0 Å². The summed E-state index contributed by atoms with van der Waals surface area (Å²) in [5, 5.41) is 2.94. The summed E-state index contributed by atoms with van der Waals surface area (Å²) in [4.78, 5) is 0. The fourth-order valence-corrected chi connectivity index (χ4v) is 0.606. The monoisotopic (exact) mass is 110 g/mol. The average Bonchev–Trinajstić information content (AvgIpc) is 1.94. The van der Waals surface area contributed by atoms with E-state index in [2.05, 4.69) is 5.32 Å². The molecular formula is C6H10N2. The molecule has 0 bridgehead atoms. The van der Waals surface area contributed by atoms with Crippen LogP contribution in [0.4, 0.5) is 0 Å². The van der Waals surface area contributed by atoms with Gasteiger partial charge in [-0.15, -0.1) is 0 Å². The van der Waals surface area contributed by atoms with Gasteiger partial charge in [-0.05, 0) is 18.8 Å². The Labute approximate surface area is 49.1 Å². The van der Waals surface area contributed by atoms with E-state index in [1.807, 2.05) is 24.6 Å². The minimum absolute atomic E-state index is 0.196. The Bertz CT molecular complexity index is 116. The standard InChI is InChI=1S/C6H10N2/c7-6-2-1-4-8-5-3-6/h1,3-6,8H,2,7H2. The molecule has 0 aromatic rings. The van der Waals surface area contributed by atoms with Gasteiger partial charge in [-0.3, -0.25) is 0 Å². The van der Waals surface area contributed by atoms with E-state index in [4.69, 9.17) is 5.73 Å². The molecule has 0 saturated heterocycles. The summed E-state index contributed by atoms with van der Waals surface area (Å²) >= 11 is 0. The summed E-state index contributed by atoms with van der Waals surface area (Å²) in [5.41, 5.74) is 5.56. The lowest BCUT2D eigenvalue weighted by molar-refractivity contribution is 0.837. The molecule has 3 N–H and O–H groups in total. The third kappa shape index (κ3) is 1.39. The largest absolute Gasteiger partial charge is 0.368 e. The number of hydrogen-bond donors (Lipinski definition) is 2. The lowest BCUT2D eigenvalue weighted by Gasteiger charge is -1.95. The van der Waals surface area contributed by atoms with E-state index < -0.39 is 0 Å². The molecule has 1 atom stereocenters. The summed E-state index contributed by atoms with van der Waals surface area (Å²) in [6.07, 6.45) is 8.64. The van der Waals surface area contributed by atoms with Gasteiger partial charge in [0.1, 0.15) is 0 Å². The van der Waals surface area contributed by atoms with Gasteiger partial charge in [-0.2, -0.15) is 0 Å². The molecule has 1 unspecified atom stereocenters. The van der Waals surface area contributed by atoms with Crippen LogP contribution >= 0.6 is 0 Å². The Kier molecular flexibility index (Phi) is 1.70. The highest BCUT2D eigenvalue weighted by Crippen LogP contribution is 1.93. The second-order valence-electron chi connectivity index (χ2n) is 1.83. The molecule has 1 aliphatic heterocycles. The minimum atomic E-state index is 0.196. The maximum atomic E-state index is 5.56. The molecule has 1 aliphatic rings. The lowest BCUT2D eigenvalue weighted by Crippen LogP contribution is -2.14. The van der Waals surface area contributed by atoms with Crippen molar-refractivity contribution in [1.29, 1.82) is 0 Å². The topological polar surface area (TPSA) is 38.0 Å². The third-order valence-electron chi connectivity index (χ3n) is 1.06. The highest BCUT2D eigenvalue weighted by atomic mass is 14.8. The summed E-state index contributed by atoms with van der Waals surface area (Å²) in [6, 6.07) is 0.196. The second-order valence-corrected chi connectivity index (χ2v) is 1.83. The number of nitrogens with two attached hydrogens (primary N) is 1. The zero-order valence-corrected chi connectivity index (χ0v) is 4.67. The van der Waals surface area contributed by atoms with Crippen LogP contribution in [0, 0.1) is 0 Å². The zero-order valence-electron chi connectivity index (χ0n) is 4.67. The van der Waals surface area contributed by atoms with Crippen LogP contribution in [-0.4, -0.2) is 6.04 Å². The van der Waals surface area contributed by atoms with Crippen molar-refractivity contribution < 1.29 is 0 Å². The van der Waals surface area contributed by atoms with Crippen molar-refractivity contribution in [2.45, 2.75) is 12.5 Å². The highest BCUT2D eigenvalue weighted by molar-refractivity contribution is 5.01. The van der Waals surface area contributed by atoms with E-state index in [-0.39, 0.29) is 6.04 Å². The van der Waals surface area contributed by atoms with Gasteiger partial charge in [0.2, 0.25) is 0 Å². The smallest absolute Gasteiger partial charge is 0.0276 e. The maximum absolute atomic E-state index is 5.56. The van der Waals surface area contributed by atoms with Gasteiger partial charge in [-0.25, -0.2) is 0 Å². The van der Waals surface area contributed by atoms with Crippen LogP contribution in [0.2, 0.25) is 0 Å². The maximum Gasteiger partial charge on any atom is 0.0276 e. The summed E-state index contributed by atoms with van der Waals surface area (Å²) < 4.78 is 0. The lowest BCUT2D eigenvalue weighted by atomic mass is 10.2. The Morgan fingerprint density at radius 1 is 1.50 bits per heavy atom. The summed E-state index contributed by atoms with van der Waals surface area (Å²) in [7, 11) is 0. The van der Waals surface area contributed by atoms with Gasteiger partial charge in [-0.1, -0.05) is 12.2 Å². The van der Waals surface area contributed by atoms with Crippen LogP contribution in [0.25, 0.3) is 0 Å². The fraction of sp³-hybridized carbons (Fsp3) is 0.333. The molecule has 44 valence electrons. The molecule has 0 aromatic carbocycles. The van der Waals surface area contributed by atoms with E-state index >= 15 is 0 Å². The summed E-state index contributed by atoms with van der Waals surface area (Å²) in [5.74, 6) is 0. The fourth-order valence-electron chi connectivity index (χ4n) is 0.606. The van der Waals surface area contributed by atoms with E-state index in [0.717, 1.165) is 6.42 Å². The first-order valence-corrected chi connectivity index (χ1v) is 2.73. The number of hydrogen-bond acceptors (Lipinski definition) is 2. The van der Waals surface area contributed by atoms with Gasteiger partial charge < -0.3 is 11.1 Å². The summed E-state index contributed by atoms with van der Waals surface area (Å²) in [6.45, 7) is 0. The molecular weight excluding hydrogens is 100 g/mol. The molecule has 1 heterocycles. The van der Waals surface area contributed by atoms with Crippen molar-refractivity contribution in [3.8, 4) is 0 Å². The van der Waals surface area contributed by atoms with Crippen molar-refractivity contribution in [2.24, 2.45) is 5.73 Å². The molecule has 0 amide bonds. The van der Waals surface area contributed by atoms with Crippen LogP contribution in [0.5, 0.6) is 0 Å². The van der Waals surface area contributed by atoms with E-state index in [1.165, 1.54) is 0 Å².